The molecule has 3 aromatic carbocycles. The van der Waals surface area contributed by atoms with Gasteiger partial charge in [0, 0.05) is 16.7 Å². The van der Waals surface area contributed by atoms with Crippen molar-refractivity contribution in [3.05, 3.63) is 95.6 Å². The number of hydrogen-bond acceptors (Lipinski definition) is 4. The van der Waals surface area contributed by atoms with Gasteiger partial charge in [0.05, 0.1) is 24.6 Å². The van der Waals surface area contributed by atoms with Crippen LogP contribution in [0.25, 0.3) is 0 Å². The molecule has 0 aromatic heterocycles. The predicted octanol–water partition coefficient (Wildman–Crippen LogP) is 5.71. The van der Waals surface area contributed by atoms with Crippen molar-refractivity contribution in [1.82, 2.24) is 10.2 Å². The van der Waals surface area contributed by atoms with Crippen LogP contribution >= 0.6 is 0 Å². The van der Waals surface area contributed by atoms with E-state index in [-0.39, 0.29) is 11.8 Å². The largest absolute Gasteiger partial charge is 0.497 e. The average molecular weight is 484 g/mol. The summed E-state index contributed by atoms with van der Waals surface area (Å²) in [5, 5.41) is 3.11. The number of benzene rings is 3. The number of nitrogens with zero attached hydrogens (tertiary/aromatic N) is 2. The third-order valence-electron chi connectivity index (χ3n) is 6.18. The Morgan fingerprint density at radius 3 is 2.19 bits per heavy atom. The fourth-order valence-corrected chi connectivity index (χ4v) is 4.59. The molecule has 2 amide bonds. The van der Waals surface area contributed by atoms with Crippen LogP contribution in [0.1, 0.15) is 61.6 Å². The van der Waals surface area contributed by atoms with Gasteiger partial charge < -0.3 is 15.0 Å². The van der Waals surface area contributed by atoms with E-state index in [9.17, 15) is 9.59 Å². The van der Waals surface area contributed by atoms with Crippen LogP contribution < -0.4 is 10.1 Å². The number of nitrogens with one attached hydrogen (secondary N) is 1. The molecule has 1 aliphatic rings. The van der Waals surface area contributed by atoms with E-state index >= 15 is 0 Å². The lowest BCUT2D eigenvalue weighted by Crippen LogP contribution is -2.53. The van der Waals surface area contributed by atoms with Crippen LogP contribution in [-0.2, 0) is 4.79 Å². The Hall–Kier alpha value is -3.93. The lowest BCUT2D eigenvalue weighted by Gasteiger charge is -2.38. The van der Waals surface area contributed by atoms with Crippen LogP contribution in [0.4, 0.5) is 5.69 Å². The third-order valence-corrected chi connectivity index (χ3v) is 6.18. The molecule has 0 saturated carbocycles. The summed E-state index contributed by atoms with van der Waals surface area (Å²) in [7, 11) is 1.59. The highest BCUT2D eigenvalue weighted by molar-refractivity contribution is 6.10. The van der Waals surface area contributed by atoms with Crippen molar-refractivity contribution in [1.29, 1.82) is 0 Å². The van der Waals surface area contributed by atoms with E-state index in [1.807, 2.05) is 82.3 Å². The molecular formula is C30H33N3O3. The molecule has 0 fully saturated rings. The van der Waals surface area contributed by atoms with Crippen LogP contribution in [0.5, 0.6) is 5.75 Å². The van der Waals surface area contributed by atoms with E-state index in [1.165, 1.54) is 0 Å². The van der Waals surface area contributed by atoms with Gasteiger partial charge in [0.25, 0.3) is 5.91 Å². The molecular weight excluding hydrogens is 450 g/mol. The van der Waals surface area contributed by atoms with Gasteiger partial charge in [-0.3, -0.25) is 14.6 Å². The fraction of sp³-hybridized carbons (Fsp3) is 0.300. The summed E-state index contributed by atoms with van der Waals surface area (Å²) >= 11 is 0. The van der Waals surface area contributed by atoms with Crippen LogP contribution in [-0.4, -0.2) is 41.1 Å². The molecule has 2 unspecified atom stereocenters. The lowest BCUT2D eigenvalue weighted by atomic mass is 9.95. The molecule has 186 valence electrons. The van der Waals surface area contributed by atoms with Crippen molar-refractivity contribution in [3.8, 4) is 5.75 Å². The van der Waals surface area contributed by atoms with Crippen LogP contribution in [0.3, 0.4) is 0 Å². The second-order valence-corrected chi connectivity index (χ2v) is 9.93. The maximum absolute atomic E-state index is 14.2. The summed E-state index contributed by atoms with van der Waals surface area (Å²) in [6.07, 6.45) is 0.586. The molecule has 1 aliphatic heterocycles. The smallest absolute Gasteiger partial charge is 0.255 e. The van der Waals surface area contributed by atoms with Crippen molar-refractivity contribution >= 4 is 23.2 Å². The standard InChI is InChI=1S/C30H33N3O3/c1-6-25-26(20-12-8-7-9-13-20)31-24-15-11-10-14-23(24)27(28(34)32-30(2,3)4)33(25)29(35)21-16-18-22(36-5)19-17-21/h7-19,25,27H,6H2,1-5H3,(H,32,34). The summed E-state index contributed by atoms with van der Waals surface area (Å²) in [5.41, 5.74) is 3.08. The number of fused-ring (bicyclic) bond motifs is 1. The van der Waals surface area contributed by atoms with Crippen molar-refractivity contribution in [2.45, 2.75) is 51.7 Å². The minimum absolute atomic E-state index is 0.236. The number of amides is 2. The zero-order valence-corrected chi connectivity index (χ0v) is 21.5. The second-order valence-electron chi connectivity index (χ2n) is 9.93. The Labute approximate surface area is 213 Å². The average Bonchev–Trinajstić information content (AvgIpc) is 3.02. The Bertz CT molecular complexity index is 1260. The van der Waals surface area contributed by atoms with Gasteiger partial charge >= 0.3 is 0 Å². The first-order chi connectivity index (χ1) is 17.2. The fourth-order valence-electron chi connectivity index (χ4n) is 4.59. The first-order valence-electron chi connectivity index (χ1n) is 12.2. The number of para-hydroxylation sites is 1. The Kier molecular flexibility index (Phi) is 7.25. The van der Waals surface area contributed by atoms with E-state index in [2.05, 4.69) is 5.32 Å². The normalized spacial score (nSPS) is 17.5. The Morgan fingerprint density at radius 2 is 1.58 bits per heavy atom. The lowest BCUT2D eigenvalue weighted by molar-refractivity contribution is -0.127. The number of rotatable bonds is 5. The molecule has 1 N–H and O–H groups in total. The number of carbonyl (C=O) groups is 2. The molecule has 4 rings (SSSR count). The van der Waals surface area contributed by atoms with Gasteiger partial charge in [-0.05, 0) is 63.1 Å². The van der Waals surface area contributed by atoms with Crippen molar-refractivity contribution in [2.24, 2.45) is 4.99 Å². The number of methoxy groups -OCH3 is 1. The quantitative estimate of drug-likeness (QED) is 0.506. The molecule has 0 bridgehead atoms. The predicted molar refractivity (Wildman–Crippen MR) is 143 cm³/mol. The zero-order valence-electron chi connectivity index (χ0n) is 21.5. The first-order valence-corrected chi connectivity index (χ1v) is 12.2. The van der Waals surface area contributed by atoms with E-state index in [0.29, 0.717) is 29.0 Å². The van der Waals surface area contributed by atoms with Crippen molar-refractivity contribution in [3.63, 3.8) is 0 Å². The van der Waals surface area contributed by atoms with E-state index in [1.54, 1.807) is 36.3 Å². The van der Waals surface area contributed by atoms with Gasteiger partial charge in [-0.25, -0.2) is 0 Å². The second kappa shape index (κ2) is 10.4. The number of ether oxygens (including phenoxy) is 1. The summed E-state index contributed by atoms with van der Waals surface area (Å²) in [6.45, 7) is 7.83. The topological polar surface area (TPSA) is 71.0 Å². The Morgan fingerprint density at radius 1 is 0.944 bits per heavy atom. The maximum atomic E-state index is 14.2. The van der Waals surface area contributed by atoms with E-state index in [0.717, 1.165) is 11.3 Å². The monoisotopic (exact) mass is 483 g/mol. The van der Waals surface area contributed by atoms with Gasteiger partial charge in [0.15, 0.2) is 0 Å². The molecule has 1 heterocycles. The SMILES string of the molecule is CCC1C(c2ccccc2)=Nc2ccccc2C(C(=O)NC(C)(C)C)N1C(=O)c1ccc(OC)cc1. The number of carbonyl (C=O) groups excluding carboxylic acids is 2. The minimum atomic E-state index is -0.857. The number of hydrogen-bond donors (Lipinski definition) is 1. The van der Waals surface area contributed by atoms with E-state index in [4.69, 9.17) is 9.73 Å². The molecule has 36 heavy (non-hydrogen) atoms. The minimum Gasteiger partial charge on any atom is -0.497 e. The zero-order chi connectivity index (χ0) is 25.9. The van der Waals surface area contributed by atoms with Gasteiger partial charge in [-0.2, -0.15) is 0 Å². The summed E-state index contributed by atoms with van der Waals surface area (Å²) in [5.74, 6) is 0.187. The van der Waals surface area contributed by atoms with Crippen LogP contribution in [0.2, 0.25) is 0 Å². The van der Waals surface area contributed by atoms with Crippen LogP contribution in [0, 0.1) is 0 Å². The molecule has 2 atom stereocenters. The highest BCUT2D eigenvalue weighted by atomic mass is 16.5. The molecule has 3 aromatic rings. The molecule has 0 aliphatic carbocycles. The van der Waals surface area contributed by atoms with Crippen LogP contribution in [0.15, 0.2) is 83.9 Å². The highest BCUT2D eigenvalue weighted by Crippen LogP contribution is 2.38. The van der Waals surface area contributed by atoms with Gasteiger partial charge in [-0.15, -0.1) is 0 Å². The maximum Gasteiger partial charge on any atom is 0.255 e. The molecule has 6 nitrogen and oxygen atoms in total. The highest BCUT2D eigenvalue weighted by Gasteiger charge is 2.42. The van der Waals surface area contributed by atoms with Gasteiger partial charge in [0.1, 0.15) is 11.8 Å². The number of aliphatic imine (C=N–C) groups is 1. The van der Waals surface area contributed by atoms with Gasteiger partial charge in [0.2, 0.25) is 5.91 Å². The van der Waals surface area contributed by atoms with E-state index < -0.39 is 17.6 Å². The first kappa shape index (κ1) is 25.2. The van der Waals surface area contributed by atoms with Crippen molar-refractivity contribution in [2.75, 3.05) is 7.11 Å². The van der Waals surface area contributed by atoms with Crippen molar-refractivity contribution < 1.29 is 14.3 Å². The summed E-state index contributed by atoms with van der Waals surface area (Å²) in [6, 6.07) is 23.2. The summed E-state index contributed by atoms with van der Waals surface area (Å²) in [4.78, 5) is 34.9. The molecule has 0 spiro atoms. The molecule has 6 heteroatoms. The molecule has 0 saturated heterocycles. The Balaban J connectivity index is 1.94. The third kappa shape index (κ3) is 5.18. The summed E-state index contributed by atoms with van der Waals surface area (Å²) < 4.78 is 5.28. The van der Waals surface area contributed by atoms with Gasteiger partial charge in [-0.1, -0.05) is 55.5 Å². The molecule has 0 radical (unpaired) electrons.